The van der Waals surface area contributed by atoms with Gasteiger partial charge in [0.05, 0.1) is 22.4 Å². The molecule has 0 aromatic carbocycles. The molecule has 0 saturated carbocycles. The first kappa shape index (κ1) is 28.8. The van der Waals surface area contributed by atoms with Gasteiger partial charge in [-0.25, -0.2) is 19.0 Å². The largest absolute Gasteiger partial charge is 0.469 e. The van der Waals surface area contributed by atoms with Gasteiger partial charge in [-0.05, 0) is 98.6 Å². The van der Waals surface area contributed by atoms with Crippen LogP contribution < -0.4 is 20.5 Å². The molecule has 0 amide bonds. The number of aliphatic imine (C=N–C) groups is 2. The third kappa shape index (κ3) is 5.46. The number of nitrogens with zero attached hydrogens (tertiary/aromatic N) is 6. The predicted octanol–water partition coefficient (Wildman–Crippen LogP) is 5.80. The number of hydrogen-bond donors (Lipinski definition) is 3. The maximum atomic E-state index is 8.68. The predicted molar refractivity (Wildman–Crippen MR) is 167 cm³/mol. The highest BCUT2D eigenvalue weighted by atomic mass is 16.5. The summed E-state index contributed by atoms with van der Waals surface area (Å²) < 4.78 is 16.1. The molecule has 0 fully saturated rings. The van der Waals surface area contributed by atoms with Crippen LogP contribution in [-0.4, -0.2) is 47.8 Å². The number of nitrogens with one attached hydrogen (secondary N) is 2. The number of aryl methyl sites for hydroxylation is 4. The van der Waals surface area contributed by atoms with Gasteiger partial charge in [0.1, 0.15) is 11.2 Å². The summed E-state index contributed by atoms with van der Waals surface area (Å²) in [6.07, 6.45) is 1.53. The fraction of sp³-hybridized carbons (Fsp3) is 0.387. The van der Waals surface area contributed by atoms with E-state index in [1.165, 1.54) is 6.08 Å². The molecule has 0 atom stereocenters. The Labute approximate surface area is 245 Å². The standard InChI is InChI=1S/C31H39N9O2/c1-16-11-13-22-24(28(41-30(5,6)7)37-39(22)18(16)3)34-26-20(32)15-21(33)27(36-26)35-25-23-14-12-17(2)19(4)40(23)38-29(25)42-31(8,9)10/h11-15,32H,33H2,1-10H3,(H,34,35,36). The normalized spacial score (nSPS) is 16.4. The molecule has 42 heavy (non-hydrogen) atoms. The molecular weight excluding hydrogens is 530 g/mol. The van der Waals surface area contributed by atoms with E-state index in [2.05, 4.69) is 5.32 Å². The van der Waals surface area contributed by atoms with Crippen molar-refractivity contribution in [3.63, 3.8) is 0 Å². The Morgan fingerprint density at radius 2 is 1.17 bits per heavy atom. The van der Waals surface area contributed by atoms with E-state index < -0.39 is 11.2 Å². The lowest BCUT2D eigenvalue weighted by Gasteiger charge is -2.21. The first-order valence-corrected chi connectivity index (χ1v) is 13.9. The fourth-order valence-corrected chi connectivity index (χ4v) is 4.47. The zero-order valence-electron chi connectivity index (χ0n) is 26.0. The second-order valence-electron chi connectivity index (χ2n) is 12.6. The Hall–Kier alpha value is -4.67. The van der Waals surface area contributed by atoms with E-state index in [9.17, 15) is 0 Å². The quantitative estimate of drug-likeness (QED) is 0.284. The minimum absolute atomic E-state index is 0.105. The van der Waals surface area contributed by atoms with Gasteiger partial charge in [-0.1, -0.05) is 12.1 Å². The highest BCUT2D eigenvalue weighted by Gasteiger charge is 2.26. The fourth-order valence-electron chi connectivity index (χ4n) is 4.47. The van der Waals surface area contributed by atoms with E-state index in [1.807, 2.05) is 103 Å². The first-order valence-electron chi connectivity index (χ1n) is 13.9. The number of aromatic nitrogens is 4. The van der Waals surface area contributed by atoms with Gasteiger partial charge in [-0.15, -0.1) is 10.2 Å². The third-order valence-corrected chi connectivity index (χ3v) is 6.81. The SMILES string of the molecule is Cc1ccc2c(N=C3NC(=Nc4c(OC(C)(C)C)nn5c(C)c(C)ccc45)C(N)=CC3=N)c(OC(C)(C)C)nn2c1C. The van der Waals surface area contributed by atoms with Crippen molar-refractivity contribution in [3.8, 4) is 11.8 Å². The molecule has 11 heteroatoms. The summed E-state index contributed by atoms with van der Waals surface area (Å²) in [6, 6.07) is 7.96. The van der Waals surface area contributed by atoms with Crippen LogP contribution in [0.3, 0.4) is 0 Å². The molecule has 5 heterocycles. The van der Waals surface area contributed by atoms with E-state index in [0.717, 1.165) is 33.5 Å². The van der Waals surface area contributed by atoms with Crippen LogP contribution in [0.25, 0.3) is 11.0 Å². The van der Waals surface area contributed by atoms with E-state index >= 15 is 0 Å². The number of ether oxygens (including phenoxy) is 2. The number of fused-ring (bicyclic) bond motifs is 2. The van der Waals surface area contributed by atoms with Crippen molar-refractivity contribution in [2.24, 2.45) is 15.7 Å². The van der Waals surface area contributed by atoms with E-state index in [0.29, 0.717) is 34.7 Å². The summed E-state index contributed by atoms with van der Waals surface area (Å²) in [5, 5.41) is 21.3. The van der Waals surface area contributed by atoms with Gasteiger partial charge in [-0.3, -0.25) is 5.41 Å². The third-order valence-electron chi connectivity index (χ3n) is 6.81. The monoisotopic (exact) mass is 569 g/mol. The van der Waals surface area contributed by atoms with Crippen molar-refractivity contribution >= 4 is 39.8 Å². The molecule has 0 spiro atoms. The van der Waals surface area contributed by atoms with Crippen molar-refractivity contribution in [1.29, 1.82) is 5.41 Å². The number of nitrogens with two attached hydrogens (primary N) is 1. The number of hydrogen-bond acceptors (Lipinski definition) is 8. The minimum Gasteiger partial charge on any atom is -0.469 e. The van der Waals surface area contributed by atoms with Crippen LogP contribution in [-0.2, 0) is 0 Å². The van der Waals surface area contributed by atoms with Crippen molar-refractivity contribution in [3.05, 3.63) is 58.6 Å². The maximum absolute atomic E-state index is 8.68. The lowest BCUT2D eigenvalue weighted by Crippen LogP contribution is -2.42. The number of amidine groups is 2. The highest BCUT2D eigenvalue weighted by Crippen LogP contribution is 2.37. The zero-order valence-corrected chi connectivity index (χ0v) is 26.0. The molecule has 0 aliphatic carbocycles. The van der Waals surface area contributed by atoms with E-state index in [4.69, 9.17) is 40.8 Å². The van der Waals surface area contributed by atoms with Crippen LogP contribution in [0.4, 0.5) is 11.4 Å². The highest BCUT2D eigenvalue weighted by molar-refractivity contribution is 6.50. The van der Waals surface area contributed by atoms with Gasteiger partial charge in [0.15, 0.2) is 23.0 Å². The van der Waals surface area contributed by atoms with Crippen LogP contribution in [0.5, 0.6) is 11.8 Å². The van der Waals surface area contributed by atoms with Crippen LogP contribution in [0, 0.1) is 33.1 Å². The van der Waals surface area contributed by atoms with Crippen molar-refractivity contribution in [2.75, 3.05) is 0 Å². The van der Waals surface area contributed by atoms with Gasteiger partial charge < -0.3 is 20.5 Å². The van der Waals surface area contributed by atoms with Gasteiger partial charge in [0.25, 0.3) is 11.8 Å². The summed E-state index contributed by atoms with van der Waals surface area (Å²) >= 11 is 0. The molecular formula is C31H39N9O2. The van der Waals surface area contributed by atoms with Crippen molar-refractivity contribution < 1.29 is 9.47 Å². The number of rotatable bonds is 4. The Bertz CT molecular complexity index is 1840. The summed E-state index contributed by atoms with van der Waals surface area (Å²) in [5.74, 6) is 1.34. The second-order valence-corrected chi connectivity index (χ2v) is 12.6. The van der Waals surface area contributed by atoms with Gasteiger partial charge in [-0.2, -0.15) is 0 Å². The van der Waals surface area contributed by atoms with Crippen LogP contribution in [0.15, 0.2) is 46.0 Å². The molecule has 11 nitrogen and oxygen atoms in total. The molecule has 220 valence electrons. The van der Waals surface area contributed by atoms with Gasteiger partial charge >= 0.3 is 0 Å². The maximum Gasteiger partial charge on any atom is 0.260 e. The Kier molecular flexibility index (Phi) is 6.87. The molecule has 1 aliphatic rings. The van der Waals surface area contributed by atoms with Crippen molar-refractivity contribution in [2.45, 2.75) is 80.4 Å². The van der Waals surface area contributed by atoms with Crippen molar-refractivity contribution in [1.82, 2.24) is 24.5 Å². The topological polar surface area (TPSA) is 140 Å². The van der Waals surface area contributed by atoms with Crippen LogP contribution in [0.2, 0.25) is 0 Å². The lowest BCUT2D eigenvalue weighted by atomic mass is 10.1. The summed E-state index contributed by atoms with van der Waals surface area (Å²) in [6.45, 7) is 19.8. The van der Waals surface area contributed by atoms with E-state index in [-0.39, 0.29) is 11.5 Å². The lowest BCUT2D eigenvalue weighted by molar-refractivity contribution is 0.124. The molecule has 4 aromatic heterocycles. The van der Waals surface area contributed by atoms with Gasteiger partial charge in [0, 0.05) is 11.4 Å². The van der Waals surface area contributed by atoms with Crippen LogP contribution in [0.1, 0.15) is 64.1 Å². The summed E-state index contributed by atoms with van der Waals surface area (Å²) in [7, 11) is 0. The minimum atomic E-state index is -0.510. The molecule has 0 unspecified atom stereocenters. The van der Waals surface area contributed by atoms with E-state index in [1.54, 1.807) is 0 Å². The molecule has 1 aliphatic heterocycles. The zero-order chi connectivity index (χ0) is 30.7. The molecule has 4 N–H and O–H groups in total. The smallest absolute Gasteiger partial charge is 0.260 e. The average Bonchev–Trinajstić information content (AvgIpc) is 3.37. The molecule has 0 saturated heterocycles. The summed E-state index contributed by atoms with van der Waals surface area (Å²) in [4.78, 5) is 9.77. The molecule has 0 radical (unpaired) electrons. The average molecular weight is 570 g/mol. The summed E-state index contributed by atoms with van der Waals surface area (Å²) in [5.41, 5.74) is 12.5. The Morgan fingerprint density at radius 3 is 1.60 bits per heavy atom. The Balaban J connectivity index is 1.66. The first-order chi connectivity index (χ1) is 19.5. The second kappa shape index (κ2) is 10.0. The number of pyridine rings is 2. The van der Waals surface area contributed by atoms with Crippen LogP contribution >= 0.6 is 0 Å². The molecule has 4 aromatic rings. The van der Waals surface area contributed by atoms with Gasteiger partial charge in [0.2, 0.25) is 0 Å². The molecule has 0 bridgehead atoms. The molecule has 5 rings (SSSR count). The Morgan fingerprint density at radius 1 is 0.738 bits per heavy atom.